The molecule has 0 atom stereocenters. The molecule has 1 N–H and O–H groups in total. The summed E-state index contributed by atoms with van der Waals surface area (Å²) >= 11 is 0. The maximum Gasteiger partial charge on any atom is 0.414 e. The van der Waals surface area contributed by atoms with Gasteiger partial charge in [-0.3, -0.25) is 10.1 Å². The molecule has 0 aliphatic carbocycles. The smallest absolute Gasteiger partial charge is 0.414 e. The monoisotopic (exact) mass is 334 g/mol. The first-order chi connectivity index (χ1) is 11.5. The van der Waals surface area contributed by atoms with Crippen molar-refractivity contribution in [1.29, 1.82) is 5.26 Å². The average Bonchev–Trinajstić information content (AvgIpc) is 2.58. The van der Waals surface area contributed by atoms with Crippen molar-refractivity contribution in [3.8, 4) is 23.3 Å². The van der Waals surface area contributed by atoms with Crippen molar-refractivity contribution in [2.75, 3.05) is 27.9 Å². The fourth-order valence-corrected chi connectivity index (χ4v) is 1.80. The van der Waals surface area contributed by atoms with Crippen LogP contribution in [0.25, 0.3) is 6.08 Å². The summed E-state index contributed by atoms with van der Waals surface area (Å²) in [6, 6.07) is 4.88. The summed E-state index contributed by atoms with van der Waals surface area (Å²) in [6.45, 7) is 1.70. The van der Waals surface area contributed by atoms with E-state index in [1.165, 1.54) is 27.4 Å². The molecule has 0 aromatic heterocycles. The summed E-state index contributed by atoms with van der Waals surface area (Å²) in [4.78, 5) is 23.3. The summed E-state index contributed by atoms with van der Waals surface area (Å²) in [7, 11) is 4.34. The van der Waals surface area contributed by atoms with Gasteiger partial charge in [0, 0.05) is 12.1 Å². The number of carbonyl (C=O) groups is 2. The number of methoxy groups -OCH3 is 3. The minimum atomic E-state index is -0.933. The van der Waals surface area contributed by atoms with Gasteiger partial charge in [-0.1, -0.05) is 0 Å². The Hall–Kier alpha value is -3.21. The molecule has 0 saturated carbocycles. The number of amides is 2. The lowest BCUT2D eigenvalue weighted by Gasteiger charge is -2.13. The standard InChI is InChI=1S/C16H18N2O6/c1-5-24-16(20)18-15(19)10(9-17)6-12-13(22-3)7-11(21-2)8-14(12)23-4/h6-8H,5H2,1-4H3,(H,18,19,20)/b10-6+. The molecule has 0 unspecified atom stereocenters. The molecule has 0 saturated heterocycles. The predicted molar refractivity (Wildman–Crippen MR) is 84.9 cm³/mol. The molecule has 24 heavy (non-hydrogen) atoms. The molecule has 0 heterocycles. The SMILES string of the molecule is CCOC(=O)NC(=O)/C(C#N)=C/c1c(OC)cc(OC)cc1OC. The Bertz CT molecular complexity index is 665. The van der Waals surface area contributed by atoms with E-state index < -0.39 is 12.0 Å². The Labute approximate surface area is 139 Å². The molecule has 8 nitrogen and oxygen atoms in total. The van der Waals surface area contributed by atoms with Crippen LogP contribution in [-0.2, 0) is 9.53 Å². The number of rotatable bonds is 6. The van der Waals surface area contributed by atoms with Crippen LogP contribution < -0.4 is 19.5 Å². The highest BCUT2D eigenvalue weighted by molar-refractivity contribution is 6.08. The number of nitrogens with one attached hydrogen (secondary N) is 1. The Balaban J connectivity index is 3.27. The number of carbonyl (C=O) groups excluding carboxylic acids is 2. The first-order valence-corrected chi connectivity index (χ1v) is 6.90. The Morgan fingerprint density at radius 3 is 2.17 bits per heavy atom. The summed E-state index contributed by atoms with van der Waals surface area (Å²) < 4.78 is 20.2. The van der Waals surface area contributed by atoms with Gasteiger partial charge in [-0.2, -0.15) is 5.26 Å². The summed E-state index contributed by atoms with van der Waals surface area (Å²) in [5, 5.41) is 11.1. The number of ether oxygens (including phenoxy) is 4. The van der Waals surface area contributed by atoms with Gasteiger partial charge < -0.3 is 18.9 Å². The number of alkyl carbamates (subject to hydrolysis) is 1. The zero-order chi connectivity index (χ0) is 18.1. The van der Waals surface area contributed by atoms with Crippen molar-refractivity contribution in [2.45, 2.75) is 6.92 Å². The van der Waals surface area contributed by atoms with E-state index in [0.717, 1.165) is 0 Å². The second kappa shape index (κ2) is 9.05. The highest BCUT2D eigenvalue weighted by Crippen LogP contribution is 2.35. The van der Waals surface area contributed by atoms with Gasteiger partial charge >= 0.3 is 6.09 Å². The largest absolute Gasteiger partial charge is 0.496 e. The summed E-state index contributed by atoms with van der Waals surface area (Å²) in [6.07, 6.45) is 0.323. The van der Waals surface area contributed by atoms with Crippen molar-refractivity contribution < 1.29 is 28.5 Å². The quantitative estimate of drug-likeness (QED) is 0.625. The number of nitrogens with zero attached hydrogens (tertiary/aromatic N) is 1. The minimum absolute atomic E-state index is 0.102. The van der Waals surface area contributed by atoms with Crippen molar-refractivity contribution >= 4 is 18.1 Å². The number of hydrogen-bond acceptors (Lipinski definition) is 7. The lowest BCUT2D eigenvalue weighted by atomic mass is 10.1. The second-order valence-corrected chi connectivity index (χ2v) is 4.29. The lowest BCUT2D eigenvalue weighted by molar-refractivity contribution is -0.116. The van der Waals surface area contributed by atoms with Crippen LogP contribution in [0.1, 0.15) is 12.5 Å². The zero-order valence-electron chi connectivity index (χ0n) is 13.8. The third-order valence-corrected chi connectivity index (χ3v) is 2.90. The molecule has 0 bridgehead atoms. The topological polar surface area (TPSA) is 107 Å². The van der Waals surface area contributed by atoms with Gasteiger partial charge in [-0.25, -0.2) is 4.79 Å². The molecule has 0 fully saturated rings. The van der Waals surface area contributed by atoms with Gasteiger partial charge in [0.1, 0.15) is 28.9 Å². The van der Waals surface area contributed by atoms with Crippen LogP contribution in [0.2, 0.25) is 0 Å². The van der Waals surface area contributed by atoms with Crippen molar-refractivity contribution in [3.63, 3.8) is 0 Å². The van der Waals surface area contributed by atoms with E-state index in [1.807, 2.05) is 5.32 Å². The second-order valence-electron chi connectivity index (χ2n) is 4.29. The molecule has 2 amide bonds. The van der Waals surface area contributed by atoms with Crippen LogP contribution in [0.5, 0.6) is 17.2 Å². The molecular weight excluding hydrogens is 316 g/mol. The maximum absolute atomic E-state index is 12.0. The highest BCUT2D eigenvalue weighted by Gasteiger charge is 2.17. The molecule has 1 rings (SSSR count). The van der Waals surface area contributed by atoms with E-state index in [0.29, 0.717) is 22.8 Å². The van der Waals surface area contributed by atoms with E-state index in [4.69, 9.17) is 14.2 Å². The minimum Gasteiger partial charge on any atom is -0.496 e. The molecule has 0 aliphatic heterocycles. The third kappa shape index (κ3) is 4.64. The average molecular weight is 334 g/mol. The van der Waals surface area contributed by atoms with E-state index in [-0.39, 0.29) is 12.2 Å². The maximum atomic E-state index is 12.0. The zero-order valence-corrected chi connectivity index (χ0v) is 13.8. The van der Waals surface area contributed by atoms with Crippen LogP contribution in [0.4, 0.5) is 4.79 Å². The summed E-state index contributed by atoms with van der Waals surface area (Å²) in [5.74, 6) is 0.261. The fourth-order valence-electron chi connectivity index (χ4n) is 1.80. The first kappa shape index (κ1) is 18.8. The highest BCUT2D eigenvalue weighted by atomic mass is 16.5. The summed E-state index contributed by atoms with van der Waals surface area (Å²) in [5.41, 5.74) is 0.0428. The molecule has 0 radical (unpaired) electrons. The van der Waals surface area contributed by atoms with Gasteiger partial charge in [0.05, 0.1) is 33.5 Å². The number of nitriles is 1. The van der Waals surface area contributed by atoms with Crippen LogP contribution in [-0.4, -0.2) is 39.9 Å². The van der Waals surface area contributed by atoms with E-state index in [2.05, 4.69) is 4.74 Å². The molecule has 0 spiro atoms. The van der Waals surface area contributed by atoms with Crippen molar-refractivity contribution in [2.24, 2.45) is 0 Å². The van der Waals surface area contributed by atoms with Crippen LogP contribution in [0, 0.1) is 11.3 Å². The van der Waals surface area contributed by atoms with E-state index in [9.17, 15) is 14.9 Å². The van der Waals surface area contributed by atoms with Crippen LogP contribution >= 0.6 is 0 Å². The predicted octanol–water partition coefficient (Wildman–Crippen LogP) is 1.89. The van der Waals surface area contributed by atoms with Crippen molar-refractivity contribution in [3.05, 3.63) is 23.3 Å². The van der Waals surface area contributed by atoms with E-state index in [1.54, 1.807) is 25.1 Å². The van der Waals surface area contributed by atoms with E-state index >= 15 is 0 Å². The normalized spacial score (nSPS) is 10.4. The third-order valence-electron chi connectivity index (χ3n) is 2.90. The number of hydrogen-bond donors (Lipinski definition) is 1. The molecule has 1 aromatic rings. The van der Waals surface area contributed by atoms with Gasteiger partial charge in [0.25, 0.3) is 5.91 Å². The lowest BCUT2D eigenvalue weighted by Crippen LogP contribution is -2.31. The Morgan fingerprint density at radius 1 is 1.17 bits per heavy atom. The molecular formula is C16H18N2O6. The molecule has 128 valence electrons. The van der Waals surface area contributed by atoms with Gasteiger partial charge in [-0.05, 0) is 13.0 Å². The van der Waals surface area contributed by atoms with Gasteiger partial charge in [0.2, 0.25) is 0 Å². The van der Waals surface area contributed by atoms with Gasteiger partial charge in [0.15, 0.2) is 0 Å². The number of imide groups is 1. The van der Waals surface area contributed by atoms with Crippen LogP contribution in [0.15, 0.2) is 17.7 Å². The molecule has 8 heteroatoms. The fraction of sp³-hybridized carbons (Fsp3) is 0.312. The van der Waals surface area contributed by atoms with Gasteiger partial charge in [-0.15, -0.1) is 0 Å². The first-order valence-electron chi connectivity index (χ1n) is 6.90. The Kier molecular flexibility index (Phi) is 7.10. The molecule has 0 aliphatic rings. The molecule has 1 aromatic carbocycles. The number of benzene rings is 1. The Morgan fingerprint density at radius 2 is 1.75 bits per heavy atom. The van der Waals surface area contributed by atoms with Crippen molar-refractivity contribution in [1.82, 2.24) is 5.32 Å². The van der Waals surface area contributed by atoms with Crippen LogP contribution in [0.3, 0.4) is 0 Å².